The Morgan fingerprint density at radius 1 is 1.22 bits per heavy atom. The lowest BCUT2D eigenvalue weighted by Crippen LogP contribution is -2.26. The molecule has 0 atom stereocenters. The first-order valence-electron chi connectivity index (χ1n) is 8.22. The molecular weight excluding hydrogens is 406 g/mol. The number of benzene rings is 1. The quantitative estimate of drug-likeness (QED) is 0.724. The van der Waals surface area contributed by atoms with Gasteiger partial charge in [0.25, 0.3) is 0 Å². The van der Waals surface area contributed by atoms with E-state index in [1.807, 2.05) is 5.38 Å². The van der Waals surface area contributed by atoms with Crippen molar-refractivity contribution in [3.05, 3.63) is 40.7 Å². The zero-order chi connectivity index (χ0) is 19.7. The number of aromatic nitrogens is 1. The number of nitrogens with one attached hydrogen (secondary N) is 1. The average Bonchev–Trinajstić information content (AvgIpc) is 3.25. The molecule has 0 saturated carbocycles. The third-order valence-electron chi connectivity index (χ3n) is 4.14. The molecule has 2 heterocycles. The Kier molecular flexibility index (Phi) is 5.73. The van der Waals surface area contributed by atoms with Crippen LogP contribution in [-0.2, 0) is 22.6 Å². The van der Waals surface area contributed by atoms with Gasteiger partial charge in [-0.15, -0.1) is 11.3 Å². The van der Waals surface area contributed by atoms with Crippen LogP contribution in [0.15, 0.2) is 28.5 Å². The van der Waals surface area contributed by atoms with Crippen LogP contribution in [-0.4, -0.2) is 33.0 Å². The number of alkyl halides is 3. The molecule has 5 nitrogen and oxygen atoms in total. The average molecular weight is 423 g/mol. The summed E-state index contributed by atoms with van der Waals surface area (Å²) in [4.78, 5) is 5.98. The topological polar surface area (TPSA) is 62.3 Å². The largest absolute Gasteiger partial charge is 0.419 e. The van der Waals surface area contributed by atoms with Gasteiger partial charge in [0.05, 0.1) is 16.2 Å². The van der Waals surface area contributed by atoms with Gasteiger partial charge in [0.1, 0.15) is 5.82 Å². The molecule has 0 amide bonds. The lowest BCUT2D eigenvalue weighted by molar-refractivity contribution is -0.140. The standard InChI is InChI=1S/C16H17F4N3O2S2/c17-14-4-3-12(9-13(14)16(18,19)20)27(24,25)21-6-5-11-10-26-15(22-11)23-7-1-2-8-23/h3-4,9-10,21H,1-2,5-8H2. The Balaban J connectivity index is 1.64. The third-order valence-corrected chi connectivity index (χ3v) is 6.55. The molecule has 11 heteroatoms. The van der Waals surface area contributed by atoms with Gasteiger partial charge >= 0.3 is 6.18 Å². The molecule has 1 aromatic carbocycles. The Hall–Kier alpha value is -1.72. The molecule has 1 saturated heterocycles. The normalized spacial score (nSPS) is 15.5. The monoisotopic (exact) mass is 423 g/mol. The number of nitrogens with zero attached hydrogens (tertiary/aromatic N) is 2. The van der Waals surface area contributed by atoms with Gasteiger partial charge in [-0.3, -0.25) is 0 Å². The molecule has 1 N–H and O–H groups in total. The highest BCUT2D eigenvalue weighted by atomic mass is 32.2. The Bertz CT molecular complexity index is 907. The summed E-state index contributed by atoms with van der Waals surface area (Å²) in [5.74, 6) is -1.52. The highest BCUT2D eigenvalue weighted by molar-refractivity contribution is 7.89. The van der Waals surface area contributed by atoms with Gasteiger partial charge in [-0.1, -0.05) is 0 Å². The van der Waals surface area contributed by atoms with Crippen LogP contribution in [0.2, 0.25) is 0 Å². The molecular formula is C16H17F4N3O2S2. The lowest BCUT2D eigenvalue weighted by atomic mass is 10.2. The smallest absolute Gasteiger partial charge is 0.348 e. The van der Waals surface area contributed by atoms with E-state index < -0.39 is 32.5 Å². The van der Waals surface area contributed by atoms with Crippen molar-refractivity contribution in [2.75, 3.05) is 24.5 Å². The van der Waals surface area contributed by atoms with Gasteiger partial charge in [-0.25, -0.2) is 22.5 Å². The Morgan fingerprint density at radius 2 is 1.93 bits per heavy atom. The van der Waals surface area contributed by atoms with Crippen molar-refractivity contribution in [3.8, 4) is 0 Å². The molecule has 1 aliphatic heterocycles. The van der Waals surface area contributed by atoms with Gasteiger partial charge in [-0.05, 0) is 31.0 Å². The van der Waals surface area contributed by atoms with Gasteiger partial charge < -0.3 is 4.90 Å². The Labute approximate surface area is 158 Å². The number of hydrogen-bond acceptors (Lipinski definition) is 5. The summed E-state index contributed by atoms with van der Waals surface area (Å²) in [6.45, 7) is 1.88. The number of sulfonamides is 1. The van der Waals surface area contributed by atoms with Crippen LogP contribution in [0.3, 0.4) is 0 Å². The molecule has 3 rings (SSSR count). The second kappa shape index (κ2) is 7.72. The zero-order valence-electron chi connectivity index (χ0n) is 14.1. The second-order valence-corrected chi connectivity index (χ2v) is 8.71. The fourth-order valence-corrected chi connectivity index (χ4v) is 4.72. The van der Waals surface area contributed by atoms with Gasteiger partial charge in [-0.2, -0.15) is 13.2 Å². The summed E-state index contributed by atoms with van der Waals surface area (Å²) in [6.07, 6.45) is -2.43. The maximum absolute atomic E-state index is 13.3. The van der Waals surface area contributed by atoms with E-state index in [0.29, 0.717) is 24.2 Å². The molecule has 1 aliphatic rings. The lowest BCUT2D eigenvalue weighted by Gasteiger charge is -2.12. The number of hydrogen-bond donors (Lipinski definition) is 1. The van der Waals surface area contributed by atoms with Crippen molar-refractivity contribution in [1.29, 1.82) is 0 Å². The maximum atomic E-state index is 13.3. The highest BCUT2D eigenvalue weighted by Crippen LogP contribution is 2.32. The van der Waals surface area contributed by atoms with Crippen molar-refractivity contribution < 1.29 is 26.0 Å². The van der Waals surface area contributed by atoms with Crippen molar-refractivity contribution >= 4 is 26.5 Å². The number of thiazole rings is 1. The summed E-state index contributed by atoms with van der Waals surface area (Å²) in [5.41, 5.74) is -0.903. The Morgan fingerprint density at radius 3 is 2.59 bits per heavy atom. The fraction of sp³-hybridized carbons (Fsp3) is 0.438. The van der Waals surface area contributed by atoms with E-state index in [2.05, 4.69) is 14.6 Å². The van der Waals surface area contributed by atoms with Gasteiger partial charge in [0, 0.05) is 31.4 Å². The van der Waals surface area contributed by atoms with E-state index in [-0.39, 0.29) is 6.54 Å². The van der Waals surface area contributed by atoms with Crippen LogP contribution in [0.25, 0.3) is 0 Å². The van der Waals surface area contributed by atoms with Crippen LogP contribution in [0.1, 0.15) is 24.1 Å². The van der Waals surface area contributed by atoms with Crippen LogP contribution in [0.5, 0.6) is 0 Å². The molecule has 0 aliphatic carbocycles. The minimum Gasteiger partial charge on any atom is -0.348 e. The molecule has 0 unspecified atom stereocenters. The fourth-order valence-electron chi connectivity index (χ4n) is 2.75. The van der Waals surface area contributed by atoms with E-state index in [1.165, 1.54) is 11.3 Å². The van der Waals surface area contributed by atoms with Crippen LogP contribution in [0.4, 0.5) is 22.7 Å². The number of anilines is 1. The summed E-state index contributed by atoms with van der Waals surface area (Å²) < 4.78 is 78.2. The van der Waals surface area contributed by atoms with Crippen LogP contribution >= 0.6 is 11.3 Å². The summed E-state index contributed by atoms with van der Waals surface area (Å²) in [6, 6.07) is 1.60. The van der Waals surface area contributed by atoms with E-state index in [9.17, 15) is 26.0 Å². The summed E-state index contributed by atoms with van der Waals surface area (Å²) in [5, 5.41) is 2.72. The number of halogens is 4. The molecule has 0 bridgehead atoms. The molecule has 2 aromatic rings. The predicted octanol–water partition coefficient (Wildman–Crippen LogP) is 3.42. The first kappa shape index (κ1) is 20.0. The minimum atomic E-state index is -4.97. The maximum Gasteiger partial charge on any atom is 0.419 e. The van der Waals surface area contributed by atoms with E-state index >= 15 is 0 Å². The first-order chi connectivity index (χ1) is 12.7. The van der Waals surface area contributed by atoms with E-state index in [4.69, 9.17) is 0 Å². The molecule has 27 heavy (non-hydrogen) atoms. The first-order valence-corrected chi connectivity index (χ1v) is 10.6. The van der Waals surface area contributed by atoms with Crippen molar-refractivity contribution in [2.45, 2.75) is 30.3 Å². The van der Waals surface area contributed by atoms with Crippen molar-refractivity contribution in [1.82, 2.24) is 9.71 Å². The number of rotatable bonds is 6. The van der Waals surface area contributed by atoms with Crippen LogP contribution < -0.4 is 9.62 Å². The highest BCUT2D eigenvalue weighted by Gasteiger charge is 2.35. The van der Waals surface area contributed by atoms with E-state index in [0.717, 1.165) is 37.1 Å². The molecule has 0 spiro atoms. The van der Waals surface area contributed by atoms with Crippen molar-refractivity contribution in [2.24, 2.45) is 0 Å². The van der Waals surface area contributed by atoms with Crippen molar-refractivity contribution in [3.63, 3.8) is 0 Å². The summed E-state index contributed by atoms with van der Waals surface area (Å²) >= 11 is 1.48. The molecule has 0 radical (unpaired) electrons. The van der Waals surface area contributed by atoms with Gasteiger partial charge in [0.15, 0.2) is 5.13 Å². The van der Waals surface area contributed by atoms with Gasteiger partial charge in [0.2, 0.25) is 10.0 Å². The van der Waals surface area contributed by atoms with E-state index in [1.54, 1.807) is 0 Å². The molecule has 1 fully saturated rings. The zero-order valence-corrected chi connectivity index (χ0v) is 15.7. The third kappa shape index (κ3) is 4.77. The predicted molar refractivity (Wildman–Crippen MR) is 93.9 cm³/mol. The summed E-state index contributed by atoms with van der Waals surface area (Å²) in [7, 11) is -4.19. The second-order valence-electron chi connectivity index (χ2n) is 6.10. The minimum absolute atomic E-state index is 0.0236. The van der Waals surface area contributed by atoms with Crippen LogP contribution in [0, 0.1) is 5.82 Å². The molecule has 1 aromatic heterocycles. The molecule has 148 valence electrons. The SMILES string of the molecule is O=S(=O)(NCCc1csc(N2CCCC2)n1)c1ccc(F)c(C(F)(F)F)c1.